The van der Waals surface area contributed by atoms with Crippen molar-refractivity contribution in [3.63, 3.8) is 0 Å². The van der Waals surface area contributed by atoms with E-state index < -0.39 is 0 Å². The van der Waals surface area contributed by atoms with Gasteiger partial charge in [-0.25, -0.2) is 4.39 Å². The van der Waals surface area contributed by atoms with Crippen LogP contribution in [0.15, 0.2) is 48.5 Å². The van der Waals surface area contributed by atoms with Gasteiger partial charge in [0.1, 0.15) is 18.2 Å². The molecule has 1 aliphatic rings. The lowest BCUT2D eigenvalue weighted by molar-refractivity contribution is -0.119. The molecule has 2 aromatic carbocycles. The number of ether oxygens (including phenoxy) is 2. The molecule has 25 heavy (non-hydrogen) atoms. The van der Waals surface area contributed by atoms with Gasteiger partial charge in [0, 0.05) is 24.8 Å². The van der Waals surface area contributed by atoms with E-state index in [9.17, 15) is 9.18 Å². The zero-order chi connectivity index (χ0) is 17.5. The molecule has 2 aromatic rings. The van der Waals surface area contributed by atoms with Gasteiger partial charge in [0.05, 0.1) is 19.1 Å². The summed E-state index contributed by atoms with van der Waals surface area (Å²) >= 11 is 0. The molecule has 1 fully saturated rings. The van der Waals surface area contributed by atoms with Crippen LogP contribution in [-0.4, -0.2) is 31.7 Å². The summed E-state index contributed by atoms with van der Waals surface area (Å²) in [6.07, 6.45) is 0.227. The van der Waals surface area contributed by atoms with E-state index in [0.717, 1.165) is 12.1 Å². The molecule has 0 aromatic heterocycles. The van der Waals surface area contributed by atoms with E-state index in [-0.39, 0.29) is 17.8 Å². The first-order valence-corrected chi connectivity index (χ1v) is 8.28. The molecule has 1 unspecified atom stereocenters. The van der Waals surface area contributed by atoms with Crippen molar-refractivity contribution in [3.05, 3.63) is 59.9 Å². The molecule has 0 bridgehead atoms. The van der Waals surface area contributed by atoms with Gasteiger partial charge in [-0.15, -0.1) is 0 Å². The minimum Gasteiger partial charge on any atom is -0.489 e. The average molecular weight is 344 g/mol. The molecule has 1 saturated heterocycles. The Labute approximate surface area is 146 Å². The summed E-state index contributed by atoms with van der Waals surface area (Å²) in [5, 5.41) is 6.08. The zero-order valence-electron chi connectivity index (χ0n) is 13.8. The van der Waals surface area contributed by atoms with Crippen LogP contribution in [0, 0.1) is 5.82 Å². The number of nitrogens with one attached hydrogen (secondary N) is 2. The molecular weight excluding hydrogens is 323 g/mol. The first kappa shape index (κ1) is 17.4. The van der Waals surface area contributed by atoms with Gasteiger partial charge in [0.15, 0.2) is 0 Å². The number of hydrogen-bond donors (Lipinski definition) is 2. The van der Waals surface area contributed by atoms with Crippen molar-refractivity contribution in [2.45, 2.75) is 19.1 Å². The number of hydrogen-bond acceptors (Lipinski definition) is 4. The van der Waals surface area contributed by atoms with Crippen molar-refractivity contribution in [1.82, 2.24) is 5.32 Å². The van der Waals surface area contributed by atoms with E-state index in [4.69, 9.17) is 9.47 Å². The summed E-state index contributed by atoms with van der Waals surface area (Å²) in [4.78, 5) is 12.1. The molecule has 5 nitrogen and oxygen atoms in total. The van der Waals surface area contributed by atoms with Gasteiger partial charge >= 0.3 is 0 Å². The maximum Gasteiger partial charge on any atom is 0.227 e. The van der Waals surface area contributed by atoms with Crippen molar-refractivity contribution in [2.75, 3.05) is 25.0 Å². The summed E-state index contributed by atoms with van der Waals surface area (Å²) in [6, 6.07) is 13.4. The molecule has 1 heterocycles. The molecule has 6 heteroatoms. The molecule has 2 N–H and O–H groups in total. The number of rotatable bonds is 6. The molecule has 1 aliphatic heterocycles. The van der Waals surface area contributed by atoms with Crippen molar-refractivity contribution in [2.24, 2.45) is 0 Å². The highest BCUT2D eigenvalue weighted by Gasteiger charge is 2.17. The molecule has 3 rings (SSSR count). The quantitative estimate of drug-likeness (QED) is 0.846. The van der Waals surface area contributed by atoms with Gasteiger partial charge in [0.2, 0.25) is 5.91 Å². The molecule has 0 saturated carbocycles. The Morgan fingerprint density at radius 3 is 2.96 bits per heavy atom. The second-order valence-corrected chi connectivity index (χ2v) is 5.90. The van der Waals surface area contributed by atoms with E-state index in [0.29, 0.717) is 37.6 Å². The third-order valence-electron chi connectivity index (χ3n) is 3.83. The second-order valence-electron chi connectivity index (χ2n) is 5.90. The predicted octanol–water partition coefficient (Wildman–Crippen LogP) is 2.72. The maximum atomic E-state index is 13.2. The second kappa shape index (κ2) is 8.60. The van der Waals surface area contributed by atoms with Crippen LogP contribution in [0.4, 0.5) is 10.1 Å². The van der Waals surface area contributed by atoms with Crippen LogP contribution in [0.25, 0.3) is 0 Å². The SMILES string of the molecule is O=C(CC1CNCCO1)Nc1cccc(COc2cccc(F)c2)c1. The standard InChI is InChI=1S/C19H21FN2O3/c20-15-4-2-6-17(10-15)25-13-14-3-1-5-16(9-14)22-19(23)11-18-12-21-7-8-24-18/h1-6,9-10,18,21H,7-8,11-13H2,(H,22,23). The summed E-state index contributed by atoms with van der Waals surface area (Å²) < 4.78 is 24.3. The molecule has 132 valence electrons. The maximum absolute atomic E-state index is 13.2. The molecule has 0 radical (unpaired) electrons. The highest BCUT2D eigenvalue weighted by atomic mass is 19.1. The number of anilines is 1. The van der Waals surface area contributed by atoms with E-state index in [1.807, 2.05) is 24.3 Å². The van der Waals surface area contributed by atoms with Gasteiger partial charge < -0.3 is 20.1 Å². The Bertz CT molecular complexity index is 717. The lowest BCUT2D eigenvalue weighted by Crippen LogP contribution is -2.40. The fraction of sp³-hybridized carbons (Fsp3) is 0.316. The van der Waals surface area contributed by atoms with E-state index in [1.54, 1.807) is 12.1 Å². The van der Waals surface area contributed by atoms with Gasteiger partial charge in [0.25, 0.3) is 0 Å². The predicted molar refractivity (Wildman–Crippen MR) is 93.0 cm³/mol. The zero-order valence-corrected chi connectivity index (χ0v) is 13.8. The van der Waals surface area contributed by atoms with Crippen LogP contribution in [0.1, 0.15) is 12.0 Å². The van der Waals surface area contributed by atoms with Crippen molar-refractivity contribution in [1.29, 1.82) is 0 Å². The Morgan fingerprint density at radius 1 is 1.28 bits per heavy atom. The van der Waals surface area contributed by atoms with Gasteiger partial charge in [-0.1, -0.05) is 18.2 Å². The minimum atomic E-state index is -0.335. The van der Waals surface area contributed by atoms with Crippen LogP contribution in [0.3, 0.4) is 0 Å². The van der Waals surface area contributed by atoms with Gasteiger partial charge in [-0.05, 0) is 29.8 Å². The van der Waals surface area contributed by atoms with E-state index in [2.05, 4.69) is 10.6 Å². The monoisotopic (exact) mass is 344 g/mol. The van der Waals surface area contributed by atoms with E-state index >= 15 is 0 Å². The number of halogens is 1. The van der Waals surface area contributed by atoms with Crippen molar-refractivity contribution >= 4 is 11.6 Å². The fourth-order valence-electron chi connectivity index (χ4n) is 2.63. The highest BCUT2D eigenvalue weighted by molar-refractivity contribution is 5.91. The summed E-state index contributed by atoms with van der Waals surface area (Å²) in [6.45, 7) is 2.44. The Hall–Kier alpha value is -2.44. The lowest BCUT2D eigenvalue weighted by atomic mass is 10.2. The summed E-state index contributed by atoms with van der Waals surface area (Å²) in [5.41, 5.74) is 1.59. The van der Waals surface area contributed by atoms with Crippen molar-refractivity contribution < 1.29 is 18.7 Å². The number of amides is 1. The van der Waals surface area contributed by atoms with E-state index in [1.165, 1.54) is 12.1 Å². The van der Waals surface area contributed by atoms with Crippen molar-refractivity contribution in [3.8, 4) is 5.75 Å². The summed E-state index contributed by atoms with van der Waals surface area (Å²) in [7, 11) is 0. The number of benzene rings is 2. The smallest absolute Gasteiger partial charge is 0.227 e. The largest absolute Gasteiger partial charge is 0.489 e. The molecular formula is C19H21FN2O3. The first-order chi connectivity index (χ1) is 12.2. The third-order valence-corrected chi connectivity index (χ3v) is 3.83. The Kier molecular flexibility index (Phi) is 5.98. The third kappa shape index (κ3) is 5.55. The molecule has 1 atom stereocenters. The topological polar surface area (TPSA) is 59.6 Å². The minimum absolute atomic E-state index is 0.0862. The van der Waals surface area contributed by atoms with Gasteiger partial charge in [-0.2, -0.15) is 0 Å². The fourth-order valence-corrected chi connectivity index (χ4v) is 2.63. The first-order valence-electron chi connectivity index (χ1n) is 8.28. The Balaban J connectivity index is 1.52. The molecule has 0 aliphatic carbocycles. The summed E-state index contributed by atoms with van der Waals surface area (Å²) in [5.74, 6) is 0.0474. The lowest BCUT2D eigenvalue weighted by Gasteiger charge is -2.23. The van der Waals surface area contributed by atoms with Crippen LogP contribution in [0.5, 0.6) is 5.75 Å². The van der Waals surface area contributed by atoms with Crippen LogP contribution in [-0.2, 0) is 16.1 Å². The van der Waals surface area contributed by atoms with Crippen LogP contribution >= 0.6 is 0 Å². The number of carbonyl (C=O) groups is 1. The highest BCUT2D eigenvalue weighted by Crippen LogP contribution is 2.17. The Morgan fingerprint density at radius 2 is 2.16 bits per heavy atom. The average Bonchev–Trinajstić information content (AvgIpc) is 2.61. The number of morpholine rings is 1. The normalized spacial score (nSPS) is 17.1. The van der Waals surface area contributed by atoms with Crippen LogP contribution < -0.4 is 15.4 Å². The van der Waals surface area contributed by atoms with Gasteiger partial charge in [-0.3, -0.25) is 4.79 Å². The molecule has 0 spiro atoms. The van der Waals surface area contributed by atoms with Crippen LogP contribution in [0.2, 0.25) is 0 Å². The number of carbonyl (C=O) groups excluding carboxylic acids is 1. The molecule has 1 amide bonds.